The largest absolute Gasteiger partial charge is 0.481 e. The lowest BCUT2D eigenvalue weighted by Gasteiger charge is -2.43. The van der Waals surface area contributed by atoms with E-state index in [-0.39, 0.29) is 29.8 Å². The molecule has 1 saturated heterocycles. The normalized spacial score (nSPS) is 24.3. The molecule has 2 N–H and O–H groups in total. The summed E-state index contributed by atoms with van der Waals surface area (Å²) in [7, 11) is 0. The highest BCUT2D eigenvalue weighted by Gasteiger charge is 2.62. The van der Waals surface area contributed by atoms with Crippen LogP contribution >= 0.6 is 35.6 Å². The molecule has 32 heavy (non-hydrogen) atoms. The van der Waals surface area contributed by atoms with Crippen LogP contribution in [-0.2, 0) is 20.5 Å². The second-order valence-corrected chi connectivity index (χ2v) is 9.55. The molecule has 8 heteroatoms. The van der Waals surface area contributed by atoms with Crippen LogP contribution in [-0.4, -0.2) is 41.5 Å². The van der Waals surface area contributed by atoms with E-state index in [1.807, 2.05) is 18.2 Å². The summed E-state index contributed by atoms with van der Waals surface area (Å²) in [4.78, 5) is 26.4. The molecule has 0 unspecified atom stereocenters. The van der Waals surface area contributed by atoms with E-state index in [0.717, 1.165) is 31.5 Å². The maximum absolute atomic E-state index is 12.2. The van der Waals surface area contributed by atoms with E-state index >= 15 is 0 Å². The fourth-order valence-electron chi connectivity index (χ4n) is 5.07. The number of rotatable bonds is 6. The van der Waals surface area contributed by atoms with E-state index in [1.165, 1.54) is 0 Å². The number of likely N-dealkylation sites (tertiary alicyclic amines) is 1. The second-order valence-electron chi connectivity index (χ2n) is 8.74. The number of nitrogens with zero attached hydrogens (tertiary/aromatic N) is 1. The van der Waals surface area contributed by atoms with Crippen molar-refractivity contribution in [1.29, 1.82) is 0 Å². The van der Waals surface area contributed by atoms with Gasteiger partial charge in [0.2, 0.25) is 5.91 Å². The van der Waals surface area contributed by atoms with Crippen molar-refractivity contribution in [1.82, 2.24) is 10.2 Å². The minimum atomic E-state index is -0.903. The Hall–Kier alpha value is -1.79. The summed E-state index contributed by atoms with van der Waals surface area (Å²) in [6.45, 7) is 3.85. The molecule has 0 bridgehead atoms. The number of hydrogen-bond acceptors (Lipinski definition) is 3. The number of carbonyl (C=O) groups is 2. The van der Waals surface area contributed by atoms with Crippen molar-refractivity contribution in [3.05, 3.63) is 69.7 Å². The van der Waals surface area contributed by atoms with Gasteiger partial charge in [-0.05, 0) is 48.4 Å². The van der Waals surface area contributed by atoms with E-state index in [1.54, 1.807) is 25.1 Å². The lowest BCUT2D eigenvalue weighted by molar-refractivity contribution is -0.140. The number of carboxylic acid groups (broad SMARTS) is 1. The topological polar surface area (TPSA) is 69.6 Å². The summed E-state index contributed by atoms with van der Waals surface area (Å²) in [6, 6.07) is 15.2. The van der Waals surface area contributed by atoms with Gasteiger partial charge in [0, 0.05) is 26.6 Å². The number of aliphatic carboxylic acids is 1. The van der Waals surface area contributed by atoms with Gasteiger partial charge in [-0.1, -0.05) is 59.6 Å². The van der Waals surface area contributed by atoms with Crippen molar-refractivity contribution in [2.24, 2.45) is 5.92 Å². The van der Waals surface area contributed by atoms with Gasteiger partial charge in [0.05, 0.1) is 21.0 Å². The van der Waals surface area contributed by atoms with Gasteiger partial charge in [0.25, 0.3) is 0 Å². The maximum atomic E-state index is 12.2. The van der Waals surface area contributed by atoms with Gasteiger partial charge in [-0.3, -0.25) is 9.59 Å². The minimum absolute atomic E-state index is 0. The molecular formula is C24H27Cl3N2O3. The fraction of sp³-hybridized carbons (Fsp3) is 0.417. The summed E-state index contributed by atoms with van der Waals surface area (Å²) in [6.07, 6.45) is 2.17. The van der Waals surface area contributed by atoms with Crippen molar-refractivity contribution >= 4 is 47.5 Å². The molecule has 172 valence electrons. The van der Waals surface area contributed by atoms with Crippen LogP contribution in [0.2, 0.25) is 10.0 Å². The van der Waals surface area contributed by atoms with E-state index in [9.17, 15) is 14.7 Å². The van der Waals surface area contributed by atoms with E-state index in [0.29, 0.717) is 28.6 Å². The predicted octanol–water partition coefficient (Wildman–Crippen LogP) is 4.88. The average molecular weight is 498 g/mol. The molecule has 5 nitrogen and oxygen atoms in total. The van der Waals surface area contributed by atoms with Gasteiger partial charge in [0.15, 0.2) is 0 Å². The molecule has 1 aliphatic carbocycles. The van der Waals surface area contributed by atoms with Crippen molar-refractivity contribution in [2.75, 3.05) is 19.6 Å². The number of piperidine rings is 1. The third-order valence-electron chi connectivity index (χ3n) is 6.85. The zero-order chi connectivity index (χ0) is 22.2. The summed E-state index contributed by atoms with van der Waals surface area (Å²) in [5.41, 5.74) is 0.556. The van der Waals surface area contributed by atoms with Gasteiger partial charge >= 0.3 is 5.97 Å². The smallest absolute Gasteiger partial charge is 0.314 e. The molecule has 4 rings (SSSR count). The van der Waals surface area contributed by atoms with Crippen LogP contribution in [0.5, 0.6) is 0 Å². The van der Waals surface area contributed by atoms with Gasteiger partial charge in [-0.25, -0.2) is 0 Å². The number of amides is 1. The van der Waals surface area contributed by atoms with Crippen LogP contribution in [0.1, 0.15) is 37.3 Å². The highest BCUT2D eigenvalue weighted by molar-refractivity contribution is 6.42. The quantitative estimate of drug-likeness (QED) is 0.596. The molecule has 2 atom stereocenters. The first-order valence-electron chi connectivity index (χ1n) is 10.5. The number of nitrogens with one attached hydrogen (secondary N) is 1. The molecule has 1 amide bonds. The maximum Gasteiger partial charge on any atom is 0.314 e. The number of hydrogen-bond donors (Lipinski definition) is 2. The zero-order valence-electron chi connectivity index (χ0n) is 17.8. The fourth-order valence-corrected chi connectivity index (χ4v) is 5.37. The molecule has 1 heterocycles. The molecule has 2 aromatic carbocycles. The van der Waals surface area contributed by atoms with Crippen molar-refractivity contribution in [2.45, 2.75) is 37.1 Å². The van der Waals surface area contributed by atoms with E-state index in [2.05, 4.69) is 22.3 Å². The summed E-state index contributed by atoms with van der Waals surface area (Å²) >= 11 is 12.2. The van der Waals surface area contributed by atoms with Gasteiger partial charge < -0.3 is 15.3 Å². The van der Waals surface area contributed by atoms with Crippen LogP contribution in [0.3, 0.4) is 0 Å². The van der Waals surface area contributed by atoms with Gasteiger partial charge in [-0.15, -0.1) is 12.4 Å². The van der Waals surface area contributed by atoms with Crippen LogP contribution in [0.4, 0.5) is 0 Å². The molecule has 1 aliphatic heterocycles. The van der Waals surface area contributed by atoms with Crippen LogP contribution < -0.4 is 5.32 Å². The first kappa shape index (κ1) is 24.8. The molecule has 0 radical (unpaired) electrons. The van der Waals surface area contributed by atoms with Crippen LogP contribution in [0.15, 0.2) is 48.5 Å². The highest BCUT2D eigenvalue weighted by atomic mass is 35.5. The first-order chi connectivity index (χ1) is 14.8. The number of halogens is 3. The second kappa shape index (κ2) is 9.60. The SMILES string of the molecule is CC(=O)NC1(c2ccccc2)CCN(C[C@@H]2C[C@@]2(C(=O)O)c2ccc(Cl)c(Cl)c2)CC1.Cl. The number of carbonyl (C=O) groups excluding carboxylic acids is 1. The summed E-state index contributed by atoms with van der Waals surface area (Å²) < 4.78 is 0. The van der Waals surface area contributed by atoms with Gasteiger partial charge in [-0.2, -0.15) is 0 Å². The number of carboxylic acids is 1. The molecule has 0 spiro atoms. The van der Waals surface area contributed by atoms with E-state index in [4.69, 9.17) is 23.2 Å². The predicted molar refractivity (Wildman–Crippen MR) is 129 cm³/mol. The Morgan fingerprint density at radius 1 is 1.06 bits per heavy atom. The monoisotopic (exact) mass is 496 g/mol. The third kappa shape index (κ3) is 4.62. The average Bonchev–Trinajstić information content (AvgIpc) is 3.47. The van der Waals surface area contributed by atoms with Crippen LogP contribution in [0.25, 0.3) is 0 Å². The summed E-state index contributed by atoms with van der Waals surface area (Å²) in [5, 5.41) is 14.0. The summed E-state index contributed by atoms with van der Waals surface area (Å²) in [5.74, 6) is -0.832. The lowest BCUT2D eigenvalue weighted by Crippen LogP contribution is -2.53. The van der Waals surface area contributed by atoms with E-state index < -0.39 is 11.4 Å². The Balaban J connectivity index is 0.00000289. The van der Waals surface area contributed by atoms with Gasteiger partial charge in [0.1, 0.15) is 0 Å². The Kier molecular flexibility index (Phi) is 7.45. The van der Waals surface area contributed by atoms with Crippen molar-refractivity contribution in [3.63, 3.8) is 0 Å². The first-order valence-corrected chi connectivity index (χ1v) is 11.3. The molecule has 2 fully saturated rings. The Morgan fingerprint density at radius 3 is 2.28 bits per heavy atom. The molecule has 0 aromatic heterocycles. The molecule has 1 saturated carbocycles. The molecule has 2 aliphatic rings. The lowest BCUT2D eigenvalue weighted by atomic mass is 9.80. The standard InChI is InChI=1S/C24H26Cl2N2O3.ClH/c1-16(29)27-23(17-5-3-2-4-6-17)9-11-28(12-10-23)15-19-14-24(19,22(30)31)18-7-8-20(25)21(26)13-18;/h2-8,13,19H,9-12,14-15H2,1H3,(H,27,29)(H,30,31);1H/t19-,24+;/m0./s1. The van der Waals surface area contributed by atoms with Crippen LogP contribution in [0, 0.1) is 5.92 Å². The highest BCUT2D eigenvalue weighted by Crippen LogP contribution is 2.55. The van der Waals surface area contributed by atoms with Crippen molar-refractivity contribution in [3.8, 4) is 0 Å². The minimum Gasteiger partial charge on any atom is -0.481 e. The molecular weight excluding hydrogens is 471 g/mol. The molecule has 2 aromatic rings. The zero-order valence-corrected chi connectivity index (χ0v) is 20.1. The Bertz CT molecular complexity index is 993. The number of benzene rings is 2. The Labute approximate surface area is 204 Å². The van der Waals surface area contributed by atoms with Crippen molar-refractivity contribution < 1.29 is 14.7 Å². The Morgan fingerprint density at radius 2 is 1.72 bits per heavy atom. The third-order valence-corrected chi connectivity index (χ3v) is 7.59.